The molecule has 0 saturated heterocycles. The summed E-state index contributed by atoms with van der Waals surface area (Å²) in [6, 6.07) is 9.35. The smallest absolute Gasteiger partial charge is 0.240 e. The van der Waals surface area contributed by atoms with Gasteiger partial charge in [0.1, 0.15) is 0 Å². The Kier molecular flexibility index (Phi) is 4.52. The van der Waals surface area contributed by atoms with Crippen molar-refractivity contribution in [2.75, 3.05) is 6.54 Å². The summed E-state index contributed by atoms with van der Waals surface area (Å²) in [6.07, 6.45) is -0.893. The number of aliphatic hydroxyl groups excluding tert-OH is 1. The van der Waals surface area contributed by atoms with Gasteiger partial charge in [0.2, 0.25) is 10.0 Å². The number of benzene rings is 1. The van der Waals surface area contributed by atoms with Gasteiger partial charge in [-0.3, -0.25) is 0 Å². The van der Waals surface area contributed by atoms with Crippen molar-refractivity contribution in [2.24, 2.45) is 0 Å². The molecule has 5 nitrogen and oxygen atoms in total. The van der Waals surface area contributed by atoms with Crippen molar-refractivity contribution in [1.82, 2.24) is 4.72 Å². The topological polar surface area (TPSA) is 90.2 Å². The second-order valence-electron chi connectivity index (χ2n) is 4.06. The third kappa shape index (κ3) is 3.43. The van der Waals surface area contributed by atoms with Crippen LogP contribution in [0.2, 0.25) is 0 Å². The van der Waals surface area contributed by atoms with E-state index in [2.05, 4.69) is 4.72 Å². The molecule has 0 fully saturated rings. The molecule has 1 aromatic heterocycles. The lowest BCUT2D eigenvalue weighted by Crippen LogP contribution is -2.28. The number of nitrogens with one attached hydrogen (secondary N) is 1. The van der Waals surface area contributed by atoms with Crippen LogP contribution >= 0.6 is 11.3 Å². The van der Waals surface area contributed by atoms with Crippen LogP contribution < -0.4 is 4.72 Å². The number of nitriles is 1. The molecule has 0 bridgehead atoms. The second-order valence-corrected chi connectivity index (χ2v) is 6.61. The van der Waals surface area contributed by atoms with Crippen LogP contribution in [0.1, 0.15) is 17.2 Å². The minimum Gasteiger partial charge on any atom is -0.387 e. The zero-order valence-electron chi connectivity index (χ0n) is 10.4. The van der Waals surface area contributed by atoms with Gasteiger partial charge in [-0.15, -0.1) is 0 Å². The highest BCUT2D eigenvalue weighted by Gasteiger charge is 2.17. The summed E-state index contributed by atoms with van der Waals surface area (Å²) in [6.45, 7) is -0.115. The standard InChI is InChI=1S/C13H12N2O3S2/c14-7-10-2-1-3-12(6-10)20(17,18)15-8-13(16)11-4-5-19-9-11/h1-6,9,13,15-16H,8H2. The lowest BCUT2D eigenvalue weighted by Gasteiger charge is -2.11. The highest BCUT2D eigenvalue weighted by atomic mass is 32.2. The normalized spacial score (nSPS) is 12.8. The van der Waals surface area contributed by atoms with E-state index < -0.39 is 16.1 Å². The first-order valence-electron chi connectivity index (χ1n) is 5.73. The van der Waals surface area contributed by atoms with Crippen LogP contribution in [0.5, 0.6) is 0 Å². The molecule has 1 heterocycles. The molecule has 0 saturated carbocycles. The molecule has 1 aromatic carbocycles. The number of thiophene rings is 1. The first-order valence-corrected chi connectivity index (χ1v) is 8.15. The fraction of sp³-hybridized carbons (Fsp3) is 0.154. The van der Waals surface area contributed by atoms with Crippen LogP contribution in [0.15, 0.2) is 46.0 Å². The van der Waals surface area contributed by atoms with Gasteiger partial charge in [0.25, 0.3) is 0 Å². The number of sulfonamides is 1. The monoisotopic (exact) mass is 308 g/mol. The Morgan fingerprint density at radius 1 is 1.40 bits per heavy atom. The Labute approximate surface area is 121 Å². The molecule has 2 aromatic rings. The fourth-order valence-electron chi connectivity index (χ4n) is 1.59. The minimum atomic E-state index is -3.74. The van der Waals surface area contributed by atoms with Crippen LogP contribution in [0, 0.1) is 11.3 Å². The van der Waals surface area contributed by atoms with Gasteiger partial charge >= 0.3 is 0 Å². The molecule has 2 rings (SSSR count). The predicted molar refractivity (Wildman–Crippen MR) is 75.6 cm³/mol. The van der Waals surface area contributed by atoms with Gasteiger partial charge in [0, 0.05) is 6.54 Å². The van der Waals surface area contributed by atoms with Crippen molar-refractivity contribution < 1.29 is 13.5 Å². The van der Waals surface area contributed by atoms with Crippen molar-refractivity contribution in [1.29, 1.82) is 5.26 Å². The number of nitrogens with zero attached hydrogens (tertiary/aromatic N) is 1. The molecule has 0 aliphatic rings. The molecular formula is C13H12N2O3S2. The number of hydrogen-bond donors (Lipinski definition) is 2. The molecule has 0 radical (unpaired) electrons. The Balaban J connectivity index is 2.10. The fourth-order valence-corrected chi connectivity index (χ4v) is 3.38. The van der Waals surface area contributed by atoms with E-state index >= 15 is 0 Å². The SMILES string of the molecule is N#Cc1cccc(S(=O)(=O)NCC(O)c2ccsc2)c1. The maximum Gasteiger partial charge on any atom is 0.240 e. The summed E-state index contributed by atoms with van der Waals surface area (Å²) in [4.78, 5) is 0.00840. The average Bonchev–Trinajstić information content (AvgIpc) is 2.99. The van der Waals surface area contributed by atoms with Crippen molar-refractivity contribution in [3.8, 4) is 6.07 Å². The zero-order valence-corrected chi connectivity index (χ0v) is 12.0. The maximum absolute atomic E-state index is 12.0. The van der Waals surface area contributed by atoms with Crippen LogP contribution in [0.4, 0.5) is 0 Å². The summed E-state index contributed by atoms with van der Waals surface area (Å²) in [5.41, 5.74) is 0.940. The lowest BCUT2D eigenvalue weighted by atomic mass is 10.2. The van der Waals surface area contributed by atoms with Gasteiger partial charge in [0.05, 0.1) is 22.6 Å². The molecule has 0 amide bonds. The van der Waals surface area contributed by atoms with E-state index in [1.807, 2.05) is 11.4 Å². The van der Waals surface area contributed by atoms with Gasteiger partial charge in [-0.25, -0.2) is 13.1 Å². The Morgan fingerprint density at radius 2 is 2.20 bits per heavy atom. The highest BCUT2D eigenvalue weighted by molar-refractivity contribution is 7.89. The van der Waals surface area contributed by atoms with Gasteiger partial charge in [0.15, 0.2) is 0 Å². The first-order chi connectivity index (χ1) is 9.53. The minimum absolute atomic E-state index is 0.00840. The average molecular weight is 308 g/mol. The van der Waals surface area contributed by atoms with Crippen LogP contribution in [-0.4, -0.2) is 20.1 Å². The molecule has 1 atom stereocenters. The highest BCUT2D eigenvalue weighted by Crippen LogP contribution is 2.16. The van der Waals surface area contributed by atoms with E-state index in [0.29, 0.717) is 5.56 Å². The summed E-state index contributed by atoms with van der Waals surface area (Å²) in [5, 5.41) is 22.2. The molecule has 1 unspecified atom stereocenters. The van der Waals surface area contributed by atoms with E-state index in [4.69, 9.17) is 5.26 Å². The van der Waals surface area contributed by atoms with Gasteiger partial charge < -0.3 is 5.11 Å². The molecule has 20 heavy (non-hydrogen) atoms. The number of rotatable bonds is 5. The quantitative estimate of drug-likeness (QED) is 0.878. The number of aliphatic hydroxyl groups is 1. The van der Waals surface area contributed by atoms with Crippen molar-refractivity contribution in [3.63, 3.8) is 0 Å². The van der Waals surface area contributed by atoms with E-state index in [1.54, 1.807) is 11.4 Å². The molecular weight excluding hydrogens is 296 g/mol. The Morgan fingerprint density at radius 3 is 2.85 bits per heavy atom. The maximum atomic E-state index is 12.0. The first kappa shape index (κ1) is 14.7. The molecule has 0 aliphatic heterocycles. The van der Waals surface area contributed by atoms with E-state index in [0.717, 1.165) is 0 Å². The van der Waals surface area contributed by atoms with Crippen molar-refractivity contribution >= 4 is 21.4 Å². The van der Waals surface area contributed by atoms with Gasteiger partial charge in [-0.1, -0.05) is 6.07 Å². The molecule has 0 spiro atoms. The van der Waals surface area contributed by atoms with E-state index in [1.165, 1.54) is 35.6 Å². The van der Waals surface area contributed by atoms with Crippen LogP contribution in [0.3, 0.4) is 0 Å². The summed E-state index contributed by atoms with van der Waals surface area (Å²) < 4.78 is 26.4. The number of hydrogen-bond acceptors (Lipinski definition) is 5. The van der Waals surface area contributed by atoms with E-state index in [9.17, 15) is 13.5 Å². The molecule has 2 N–H and O–H groups in total. The Bertz CT molecular complexity index is 718. The predicted octanol–water partition coefficient (Wildman–Crippen LogP) is 1.63. The summed E-state index contributed by atoms with van der Waals surface area (Å²) >= 11 is 1.43. The van der Waals surface area contributed by atoms with Crippen molar-refractivity contribution in [3.05, 3.63) is 52.2 Å². The second kappa shape index (κ2) is 6.15. The van der Waals surface area contributed by atoms with Gasteiger partial charge in [-0.2, -0.15) is 16.6 Å². The van der Waals surface area contributed by atoms with Gasteiger partial charge in [-0.05, 0) is 40.6 Å². The summed E-state index contributed by atoms with van der Waals surface area (Å²) in [5.74, 6) is 0. The lowest BCUT2D eigenvalue weighted by molar-refractivity contribution is 0.182. The third-order valence-electron chi connectivity index (χ3n) is 2.67. The van der Waals surface area contributed by atoms with Crippen LogP contribution in [-0.2, 0) is 10.0 Å². The molecule has 0 aliphatic carbocycles. The Hall–Kier alpha value is -1.72. The zero-order chi connectivity index (χ0) is 14.6. The van der Waals surface area contributed by atoms with Crippen LogP contribution in [0.25, 0.3) is 0 Å². The van der Waals surface area contributed by atoms with Crippen molar-refractivity contribution in [2.45, 2.75) is 11.0 Å². The third-order valence-corrected chi connectivity index (χ3v) is 4.79. The molecule has 104 valence electrons. The summed E-state index contributed by atoms with van der Waals surface area (Å²) in [7, 11) is -3.74. The molecule has 7 heteroatoms. The van der Waals surface area contributed by atoms with E-state index in [-0.39, 0.29) is 17.0 Å². The largest absolute Gasteiger partial charge is 0.387 e.